The van der Waals surface area contributed by atoms with Gasteiger partial charge in [0.1, 0.15) is 11.6 Å². The van der Waals surface area contributed by atoms with E-state index >= 15 is 0 Å². The first-order valence-electron chi connectivity index (χ1n) is 16.0. The van der Waals surface area contributed by atoms with Gasteiger partial charge in [0.05, 0.1) is 30.7 Å². The lowest BCUT2D eigenvalue weighted by molar-refractivity contribution is -0.153. The molecule has 3 amide bonds. The number of amides is 3. The lowest BCUT2D eigenvalue weighted by Crippen LogP contribution is -2.57. The number of rotatable bonds is 17. The number of hydrogen-bond acceptors (Lipinski definition) is 7. The Labute approximate surface area is 251 Å². The maximum absolute atomic E-state index is 14.6. The zero-order valence-corrected chi connectivity index (χ0v) is 25.8. The third-order valence-corrected chi connectivity index (χ3v) is 9.69. The van der Waals surface area contributed by atoms with Crippen LogP contribution in [0.5, 0.6) is 0 Å². The Morgan fingerprint density at radius 2 is 1.67 bits per heavy atom. The standard InChI is InChI=1S/C32H52N4O6/c1-5-14-34(15-6-2)28(38)25-26-29(39)36(17-10-8-9-11-22-37)27(32(26)13-12-31(25,4)42-32)30(40)35(16-7-3)19-18-33-20-23-41-24-21-33/h5,7,25-27,37H,1,3,6,8-24H2,2,4H3/t25-,26-,27?,31+,32?/m0/s1. The normalized spacial score (nSPS) is 30.4. The van der Waals surface area contributed by atoms with Crippen LogP contribution in [0.1, 0.15) is 58.8 Å². The van der Waals surface area contributed by atoms with Crippen LogP contribution in [0.4, 0.5) is 0 Å². The molecule has 4 aliphatic rings. The zero-order valence-electron chi connectivity index (χ0n) is 25.8. The van der Waals surface area contributed by atoms with Gasteiger partial charge >= 0.3 is 0 Å². The molecule has 1 spiro atoms. The average molecular weight is 589 g/mol. The van der Waals surface area contributed by atoms with Crippen LogP contribution in [0.3, 0.4) is 0 Å². The highest BCUT2D eigenvalue weighted by molar-refractivity contribution is 5.99. The lowest BCUT2D eigenvalue weighted by Gasteiger charge is -2.37. The number of morpholine rings is 1. The molecule has 4 fully saturated rings. The Kier molecular flexibility index (Phi) is 11.2. The molecule has 0 aromatic carbocycles. The van der Waals surface area contributed by atoms with Crippen molar-refractivity contribution in [2.75, 3.05) is 72.2 Å². The van der Waals surface area contributed by atoms with Crippen molar-refractivity contribution in [1.82, 2.24) is 19.6 Å². The predicted octanol–water partition coefficient (Wildman–Crippen LogP) is 2.08. The second-order valence-corrected chi connectivity index (χ2v) is 12.5. The highest BCUT2D eigenvalue weighted by Crippen LogP contribution is 2.63. The Morgan fingerprint density at radius 1 is 1.00 bits per heavy atom. The summed E-state index contributed by atoms with van der Waals surface area (Å²) in [6, 6.07) is -0.781. The summed E-state index contributed by atoms with van der Waals surface area (Å²) in [7, 11) is 0. The molecule has 42 heavy (non-hydrogen) atoms. The smallest absolute Gasteiger partial charge is 0.248 e. The Bertz CT molecular complexity index is 986. The highest BCUT2D eigenvalue weighted by atomic mass is 16.5. The van der Waals surface area contributed by atoms with E-state index in [1.807, 2.05) is 18.7 Å². The summed E-state index contributed by atoms with van der Waals surface area (Å²) in [5.41, 5.74) is -1.83. The molecule has 4 heterocycles. The van der Waals surface area contributed by atoms with Crippen LogP contribution in [0.25, 0.3) is 0 Å². The molecule has 4 rings (SSSR count). The summed E-state index contributed by atoms with van der Waals surface area (Å²) in [4.78, 5) is 50.7. The second kappa shape index (κ2) is 14.5. The first-order chi connectivity index (χ1) is 20.3. The molecular formula is C32H52N4O6. The van der Waals surface area contributed by atoms with Crippen LogP contribution >= 0.6 is 0 Å². The minimum absolute atomic E-state index is 0.0783. The zero-order chi connectivity index (χ0) is 30.3. The molecule has 10 nitrogen and oxygen atoms in total. The summed E-state index contributed by atoms with van der Waals surface area (Å²) in [5, 5.41) is 9.20. The SMILES string of the molecule is C=CCN(CCN1CCOCC1)C(=O)C1N(CCCCCCO)C(=O)[C@@H]2[C@@H](C(=O)N(CC=C)CCC)[C@@]3(C)CCC12O3. The maximum atomic E-state index is 14.6. The van der Waals surface area contributed by atoms with Gasteiger partial charge in [0, 0.05) is 59.0 Å². The van der Waals surface area contributed by atoms with Gasteiger partial charge in [0.15, 0.2) is 0 Å². The summed E-state index contributed by atoms with van der Waals surface area (Å²) in [6.07, 6.45) is 8.61. The number of ether oxygens (including phenoxy) is 2. The minimum Gasteiger partial charge on any atom is -0.396 e. The van der Waals surface area contributed by atoms with E-state index in [0.717, 1.165) is 38.8 Å². The van der Waals surface area contributed by atoms with Crippen LogP contribution in [0.2, 0.25) is 0 Å². The summed E-state index contributed by atoms with van der Waals surface area (Å²) in [6.45, 7) is 17.9. The van der Waals surface area contributed by atoms with E-state index in [4.69, 9.17) is 9.47 Å². The van der Waals surface area contributed by atoms with Crippen molar-refractivity contribution in [3.8, 4) is 0 Å². The number of unbranched alkanes of at least 4 members (excludes halogenated alkanes) is 3. The number of carbonyl (C=O) groups excluding carboxylic acids is 3. The van der Waals surface area contributed by atoms with E-state index in [2.05, 4.69) is 18.1 Å². The molecule has 2 bridgehead atoms. The third-order valence-electron chi connectivity index (χ3n) is 9.69. The van der Waals surface area contributed by atoms with Crippen LogP contribution in [0, 0.1) is 11.8 Å². The van der Waals surface area contributed by atoms with Crippen molar-refractivity contribution < 1.29 is 29.0 Å². The van der Waals surface area contributed by atoms with E-state index in [0.29, 0.717) is 71.7 Å². The molecular weight excluding hydrogens is 536 g/mol. The predicted molar refractivity (Wildman–Crippen MR) is 161 cm³/mol. The van der Waals surface area contributed by atoms with Gasteiger partial charge in [-0.05, 0) is 39.0 Å². The molecule has 0 aromatic heterocycles. The van der Waals surface area contributed by atoms with Crippen molar-refractivity contribution >= 4 is 17.7 Å². The van der Waals surface area contributed by atoms with E-state index in [1.165, 1.54) is 0 Å². The largest absolute Gasteiger partial charge is 0.396 e. The number of likely N-dealkylation sites (tertiary alicyclic amines) is 1. The molecule has 0 aromatic rings. The summed E-state index contributed by atoms with van der Waals surface area (Å²) < 4.78 is 12.3. The summed E-state index contributed by atoms with van der Waals surface area (Å²) in [5.74, 6) is -1.67. The number of carbonyl (C=O) groups is 3. The fraction of sp³-hybridized carbons (Fsp3) is 0.781. The van der Waals surface area contributed by atoms with Crippen LogP contribution in [-0.2, 0) is 23.9 Å². The Morgan fingerprint density at radius 3 is 2.31 bits per heavy atom. The fourth-order valence-corrected chi connectivity index (χ4v) is 7.69. The van der Waals surface area contributed by atoms with E-state index < -0.39 is 29.1 Å². The molecule has 236 valence electrons. The molecule has 4 aliphatic heterocycles. The lowest BCUT2D eigenvalue weighted by atomic mass is 9.66. The molecule has 0 saturated carbocycles. The van der Waals surface area contributed by atoms with Gasteiger partial charge in [-0.25, -0.2) is 0 Å². The second-order valence-electron chi connectivity index (χ2n) is 12.5. The molecule has 10 heteroatoms. The monoisotopic (exact) mass is 588 g/mol. The van der Waals surface area contributed by atoms with Crippen LogP contribution < -0.4 is 0 Å². The number of hydrogen-bond donors (Lipinski definition) is 1. The van der Waals surface area contributed by atoms with Crippen LogP contribution in [-0.4, -0.2) is 132 Å². The Hall–Kier alpha value is -2.27. The van der Waals surface area contributed by atoms with Gasteiger partial charge in [-0.2, -0.15) is 0 Å². The van der Waals surface area contributed by atoms with Crippen molar-refractivity contribution in [2.45, 2.75) is 76.0 Å². The molecule has 0 radical (unpaired) electrons. The van der Waals surface area contributed by atoms with E-state index in [9.17, 15) is 19.5 Å². The Balaban J connectivity index is 1.65. The first-order valence-corrected chi connectivity index (χ1v) is 16.0. The molecule has 5 atom stereocenters. The average Bonchev–Trinajstić information content (AvgIpc) is 3.55. The fourth-order valence-electron chi connectivity index (χ4n) is 7.69. The first kappa shape index (κ1) is 32.6. The minimum atomic E-state index is -1.03. The molecule has 4 saturated heterocycles. The highest BCUT2D eigenvalue weighted by Gasteiger charge is 2.78. The van der Waals surface area contributed by atoms with Gasteiger partial charge in [0.25, 0.3) is 0 Å². The van der Waals surface area contributed by atoms with Gasteiger partial charge in [0.2, 0.25) is 17.7 Å². The molecule has 0 aliphatic carbocycles. The van der Waals surface area contributed by atoms with Gasteiger partial charge in [-0.1, -0.05) is 31.9 Å². The third kappa shape index (κ3) is 6.32. The van der Waals surface area contributed by atoms with Crippen LogP contribution in [0.15, 0.2) is 25.3 Å². The molecule has 1 N–H and O–H groups in total. The van der Waals surface area contributed by atoms with Gasteiger partial charge in [-0.3, -0.25) is 19.3 Å². The number of aliphatic hydroxyl groups excluding tert-OH is 1. The van der Waals surface area contributed by atoms with E-state index in [1.54, 1.807) is 22.0 Å². The number of fused-ring (bicyclic) bond motifs is 1. The van der Waals surface area contributed by atoms with Crippen molar-refractivity contribution in [3.05, 3.63) is 25.3 Å². The summed E-state index contributed by atoms with van der Waals surface area (Å²) >= 11 is 0. The topological polar surface area (TPSA) is 103 Å². The quantitative estimate of drug-likeness (QED) is 0.205. The molecule has 2 unspecified atom stereocenters. The van der Waals surface area contributed by atoms with Crippen molar-refractivity contribution in [2.24, 2.45) is 11.8 Å². The van der Waals surface area contributed by atoms with E-state index in [-0.39, 0.29) is 24.3 Å². The number of aliphatic hydroxyl groups is 1. The maximum Gasteiger partial charge on any atom is 0.248 e. The van der Waals surface area contributed by atoms with Crippen molar-refractivity contribution in [3.63, 3.8) is 0 Å². The number of nitrogens with zero attached hydrogens (tertiary/aromatic N) is 4. The van der Waals surface area contributed by atoms with Crippen molar-refractivity contribution in [1.29, 1.82) is 0 Å². The van der Waals surface area contributed by atoms with Gasteiger partial charge in [-0.15, -0.1) is 13.2 Å². The van der Waals surface area contributed by atoms with Gasteiger partial charge < -0.3 is 29.3 Å².